The number of rotatable bonds is 7. The summed E-state index contributed by atoms with van der Waals surface area (Å²) in [6.07, 6.45) is 0.132. The Hall–Kier alpha value is -1.93. The van der Waals surface area contributed by atoms with Gasteiger partial charge in [-0.3, -0.25) is 9.59 Å². The second-order valence-corrected chi connectivity index (χ2v) is 7.44. The smallest absolute Gasteiger partial charge is 0.230 e. The first-order chi connectivity index (χ1) is 12.3. The molecule has 0 aliphatic heterocycles. The molecule has 0 saturated carbocycles. The highest BCUT2D eigenvalue weighted by Gasteiger charge is 2.08. The lowest BCUT2D eigenvalue weighted by atomic mass is 10.2. The number of aryl methyl sites for hydroxylation is 1. The van der Waals surface area contributed by atoms with Gasteiger partial charge in [-0.05, 0) is 42.8 Å². The maximum atomic E-state index is 13.1. The van der Waals surface area contributed by atoms with Crippen molar-refractivity contribution in [3.05, 3.63) is 58.1 Å². The molecule has 0 fully saturated rings. The van der Waals surface area contributed by atoms with Gasteiger partial charge in [-0.25, -0.2) is 8.78 Å². The standard InChI is InChI=1S/C18H17BrF2N2O2S/c1-11-2-3-12(19)8-16(11)23-17(24)6-7-22-18(25)10-26-13-4-5-14(20)15(21)9-13/h2-5,8-9H,6-7,10H2,1H3,(H,22,25)(H,23,24). The third-order valence-electron chi connectivity index (χ3n) is 3.41. The summed E-state index contributed by atoms with van der Waals surface area (Å²) in [7, 11) is 0. The van der Waals surface area contributed by atoms with Gasteiger partial charge in [0, 0.05) is 28.0 Å². The predicted octanol–water partition coefficient (Wildman–Crippen LogP) is 4.27. The summed E-state index contributed by atoms with van der Waals surface area (Å²) in [5.74, 6) is -2.32. The number of benzene rings is 2. The maximum Gasteiger partial charge on any atom is 0.230 e. The molecule has 2 rings (SSSR count). The molecule has 0 aliphatic carbocycles. The number of carbonyl (C=O) groups is 2. The van der Waals surface area contributed by atoms with Gasteiger partial charge in [0.25, 0.3) is 0 Å². The summed E-state index contributed by atoms with van der Waals surface area (Å²) in [6, 6.07) is 9.05. The zero-order valence-corrected chi connectivity index (χ0v) is 16.3. The van der Waals surface area contributed by atoms with Crippen molar-refractivity contribution >= 4 is 45.2 Å². The number of anilines is 1. The Bertz CT molecular complexity index is 818. The molecule has 4 nitrogen and oxygen atoms in total. The van der Waals surface area contributed by atoms with Crippen LogP contribution in [0.1, 0.15) is 12.0 Å². The molecule has 2 aromatic rings. The highest BCUT2D eigenvalue weighted by Crippen LogP contribution is 2.21. The van der Waals surface area contributed by atoms with Gasteiger partial charge in [0.1, 0.15) is 0 Å². The van der Waals surface area contributed by atoms with Crippen LogP contribution < -0.4 is 10.6 Å². The van der Waals surface area contributed by atoms with Gasteiger partial charge in [-0.2, -0.15) is 0 Å². The van der Waals surface area contributed by atoms with E-state index in [0.29, 0.717) is 10.6 Å². The van der Waals surface area contributed by atoms with E-state index in [1.807, 2.05) is 25.1 Å². The average molecular weight is 443 g/mol. The largest absolute Gasteiger partial charge is 0.355 e. The number of nitrogens with one attached hydrogen (secondary N) is 2. The van der Waals surface area contributed by atoms with E-state index >= 15 is 0 Å². The van der Waals surface area contributed by atoms with Gasteiger partial charge >= 0.3 is 0 Å². The second-order valence-electron chi connectivity index (χ2n) is 5.47. The first-order valence-corrected chi connectivity index (χ1v) is 9.53. The van der Waals surface area contributed by atoms with E-state index in [-0.39, 0.29) is 30.5 Å². The van der Waals surface area contributed by atoms with Crippen LogP contribution in [-0.4, -0.2) is 24.1 Å². The molecule has 138 valence electrons. The molecule has 2 amide bonds. The highest BCUT2D eigenvalue weighted by atomic mass is 79.9. The van der Waals surface area contributed by atoms with Crippen LogP contribution in [0.25, 0.3) is 0 Å². The quantitative estimate of drug-likeness (QED) is 0.629. The van der Waals surface area contributed by atoms with Gasteiger partial charge in [0.2, 0.25) is 11.8 Å². The molecule has 0 heterocycles. The zero-order valence-electron chi connectivity index (χ0n) is 13.9. The molecular weight excluding hydrogens is 426 g/mol. The van der Waals surface area contributed by atoms with Crippen molar-refractivity contribution in [1.29, 1.82) is 0 Å². The fourth-order valence-electron chi connectivity index (χ4n) is 2.02. The van der Waals surface area contributed by atoms with Gasteiger partial charge in [-0.15, -0.1) is 11.8 Å². The minimum Gasteiger partial charge on any atom is -0.355 e. The first kappa shape index (κ1) is 20.4. The molecule has 26 heavy (non-hydrogen) atoms. The summed E-state index contributed by atoms with van der Waals surface area (Å²) in [6.45, 7) is 2.08. The lowest BCUT2D eigenvalue weighted by Gasteiger charge is -2.09. The Morgan fingerprint density at radius 2 is 1.85 bits per heavy atom. The molecule has 2 aromatic carbocycles. The van der Waals surface area contributed by atoms with Crippen molar-refractivity contribution in [2.75, 3.05) is 17.6 Å². The maximum absolute atomic E-state index is 13.1. The Morgan fingerprint density at radius 3 is 2.58 bits per heavy atom. The van der Waals surface area contributed by atoms with Crippen molar-refractivity contribution in [3.63, 3.8) is 0 Å². The van der Waals surface area contributed by atoms with Crippen LogP contribution >= 0.6 is 27.7 Å². The number of hydrogen-bond donors (Lipinski definition) is 2. The van der Waals surface area contributed by atoms with Crippen molar-refractivity contribution < 1.29 is 18.4 Å². The van der Waals surface area contributed by atoms with Crippen LogP contribution in [0.4, 0.5) is 14.5 Å². The topological polar surface area (TPSA) is 58.2 Å². The lowest BCUT2D eigenvalue weighted by molar-refractivity contribution is -0.119. The Balaban J connectivity index is 1.71. The van der Waals surface area contributed by atoms with Gasteiger partial charge < -0.3 is 10.6 Å². The van der Waals surface area contributed by atoms with E-state index in [0.717, 1.165) is 33.9 Å². The summed E-state index contributed by atoms with van der Waals surface area (Å²) < 4.78 is 26.8. The molecular formula is C18H17BrF2N2O2S. The van der Waals surface area contributed by atoms with Crippen LogP contribution in [0.2, 0.25) is 0 Å². The average Bonchev–Trinajstić information content (AvgIpc) is 2.59. The third-order valence-corrected chi connectivity index (χ3v) is 4.90. The van der Waals surface area contributed by atoms with E-state index in [4.69, 9.17) is 0 Å². The molecule has 0 unspecified atom stereocenters. The van der Waals surface area contributed by atoms with E-state index < -0.39 is 11.6 Å². The Kier molecular flexibility index (Phi) is 7.59. The fraction of sp³-hybridized carbons (Fsp3) is 0.222. The summed E-state index contributed by atoms with van der Waals surface area (Å²) in [5, 5.41) is 5.42. The number of amides is 2. The monoisotopic (exact) mass is 442 g/mol. The summed E-state index contributed by atoms with van der Waals surface area (Å²) in [5.41, 5.74) is 1.65. The Labute approximate surface area is 162 Å². The summed E-state index contributed by atoms with van der Waals surface area (Å²) >= 11 is 4.44. The van der Waals surface area contributed by atoms with Crippen LogP contribution in [0, 0.1) is 18.6 Å². The normalized spacial score (nSPS) is 10.5. The molecule has 0 atom stereocenters. The predicted molar refractivity (Wildman–Crippen MR) is 102 cm³/mol. The lowest BCUT2D eigenvalue weighted by Crippen LogP contribution is -2.29. The summed E-state index contributed by atoms with van der Waals surface area (Å²) in [4.78, 5) is 24.2. The fourth-order valence-corrected chi connectivity index (χ4v) is 3.14. The van der Waals surface area contributed by atoms with E-state index in [9.17, 15) is 18.4 Å². The van der Waals surface area contributed by atoms with Crippen molar-refractivity contribution in [1.82, 2.24) is 5.32 Å². The minimum atomic E-state index is -0.949. The molecule has 0 saturated heterocycles. The van der Waals surface area contributed by atoms with Crippen LogP contribution in [-0.2, 0) is 9.59 Å². The van der Waals surface area contributed by atoms with Crippen LogP contribution in [0.3, 0.4) is 0 Å². The van der Waals surface area contributed by atoms with Crippen LogP contribution in [0.5, 0.6) is 0 Å². The minimum absolute atomic E-state index is 0.0530. The molecule has 0 spiro atoms. The SMILES string of the molecule is Cc1ccc(Br)cc1NC(=O)CCNC(=O)CSc1ccc(F)c(F)c1. The van der Waals surface area contributed by atoms with Gasteiger partial charge in [0.05, 0.1) is 5.75 Å². The zero-order chi connectivity index (χ0) is 19.1. The van der Waals surface area contributed by atoms with E-state index in [1.54, 1.807) is 0 Å². The number of hydrogen-bond acceptors (Lipinski definition) is 3. The highest BCUT2D eigenvalue weighted by molar-refractivity contribution is 9.10. The number of halogens is 3. The van der Waals surface area contributed by atoms with E-state index in [2.05, 4.69) is 26.6 Å². The Morgan fingerprint density at radius 1 is 1.08 bits per heavy atom. The third kappa shape index (κ3) is 6.42. The first-order valence-electron chi connectivity index (χ1n) is 7.75. The number of thioether (sulfide) groups is 1. The molecule has 0 radical (unpaired) electrons. The van der Waals surface area contributed by atoms with Crippen molar-refractivity contribution in [3.8, 4) is 0 Å². The van der Waals surface area contributed by atoms with E-state index in [1.165, 1.54) is 6.07 Å². The van der Waals surface area contributed by atoms with Gasteiger partial charge in [-0.1, -0.05) is 22.0 Å². The van der Waals surface area contributed by atoms with Gasteiger partial charge in [0.15, 0.2) is 11.6 Å². The molecule has 8 heteroatoms. The molecule has 0 bridgehead atoms. The molecule has 0 aliphatic rings. The molecule has 0 aromatic heterocycles. The van der Waals surface area contributed by atoms with Crippen molar-refractivity contribution in [2.24, 2.45) is 0 Å². The van der Waals surface area contributed by atoms with Crippen molar-refractivity contribution in [2.45, 2.75) is 18.2 Å². The molecule has 2 N–H and O–H groups in total. The van der Waals surface area contributed by atoms with Crippen LogP contribution in [0.15, 0.2) is 45.8 Å². The number of carbonyl (C=O) groups excluding carboxylic acids is 2. The second kappa shape index (κ2) is 9.68.